The summed E-state index contributed by atoms with van der Waals surface area (Å²) in [6.07, 6.45) is 8.00. The van der Waals surface area contributed by atoms with Crippen LogP contribution in [0.3, 0.4) is 0 Å². The topological polar surface area (TPSA) is 58.4 Å². The molecule has 0 radical (unpaired) electrons. The zero-order valence-corrected chi connectivity index (χ0v) is 14.5. The SMILES string of the molecule is CC(C)n1ccc(C(=O)N2CCC[C@@H]2[C@H]2CCCC[C@@]2(C)O)n1. The van der Waals surface area contributed by atoms with Crippen LogP contribution < -0.4 is 0 Å². The van der Waals surface area contributed by atoms with Crippen LogP contribution in [-0.2, 0) is 0 Å². The molecule has 23 heavy (non-hydrogen) atoms. The molecule has 0 bridgehead atoms. The molecule has 5 nitrogen and oxygen atoms in total. The molecule has 2 aliphatic rings. The summed E-state index contributed by atoms with van der Waals surface area (Å²) in [6, 6.07) is 2.23. The van der Waals surface area contributed by atoms with Gasteiger partial charge in [0.25, 0.3) is 5.91 Å². The van der Waals surface area contributed by atoms with Crippen molar-refractivity contribution in [3.05, 3.63) is 18.0 Å². The van der Waals surface area contributed by atoms with Gasteiger partial charge in [0.1, 0.15) is 5.69 Å². The van der Waals surface area contributed by atoms with Crippen LogP contribution >= 0.6 is 0 Å². The minimum absolute atomic E-state index is 0.0215. The van der Waals surface area contributed by atoms with Crippen molar-refractivity contribution in [1.29, 1.82) is 0 Å². The molecule has 1 aromatic rings. The van der Waals surface area contributed by atoms with Crippen LogP contribution in [0.25, 0.3) is 0 Å². The van der Waals surface area contributed by atoms with Gasteiger partial charge in [-0.15, -0.1) is 0 Å². The summed E-state index contributed by atoms with van der Waals surface area (Å²) in [4.78, 5) is 14.9. The van der Waals surface area contributed by atoms with Crippen LogP contribution in [0.15, 0.2) is 12.3 Å². The number of amides is 1. The number of hydrogen-bond acceptors (Lipinski definition) is 3. The van der Waals surface area contributed by atoms with Gasteiger partial charge in [-0.1, -0.05) is 12.8 Å². The molecule has 5 heteroatoms. The molecular weight excluding hydrogens is 290 g/mol. The number of aromatic nitrogens is 2. The highest BCUT2D eigenvalue weighted by molar-refractivity contribution is 5.92. The van der Waals surface area contributed by atoms with E-state index >= 15 is 0 Å². The molecule has 0 aromatic carbocycles. The number of aliphatic hydroxyl groups is 1. The fraction of sp³-hybridized carbons (Fsp3) is 0.778. The molecule has 1 aliphatic carbocycles. The molecule has 1 saturated carbocycles. The highest BCUT2D eigenvalue weighted by atomic mass is 16.3. The first-order valence-corrected chi connectivity index (χ1v) is 8.98. The standard InChI is InChI=1S/C18H29N3O2/c1-13(2)21-12-9-15(19-21)17(22)20-11-6-8-16(20)14-7-4-5-10-18(14,3)23/h9,12-14,16,23H,4-8,10-11H2,1-3H3/t14-,16-,18-/m1/s1. The average molecular weight is 319 g/mol. The lowest BCUT2D eigenvalue weighted by atomic mass is 9.72. The monoisotopic (exact) mass is 319 g/mol. The van der Waals surface area contributed by atoms with E-state index in [0.717, 1.165) is 45.1 Å². The van der Waals surface area contributed by atoms with Crippen LogP contribution in [0.4, 0.5) is 0 Å². The molecule has 1 amide bonds. The van der Waals surface area contributed by atoms with E-state index in [2.05, 4.69) is 18.9 Å². The fourth-order valence-corrected chi connectivity index (χ4v) is 4.30. The summed E-state index contributed by atoms with van der Waals surface area (Å²) >= 11 is 0. The van der Waals surface area contributed by atoms with Crippen molar-refractivity contribution < 1.29 is 9.90 Å². The number of hydrogen-bond donors (Lipinski definition) is 1. The van der Waals surface area contributed by atoms with Crippen molar-refractivity contribution >= 4 is 5.91 Å². The minimum atomic E-state index is -0.650. The van der Waals surface area contributed by atoms with Gasteiger partial charge in [0.15, 0.2) is 0 Å². The summed E-state index contributed by atoms with van der Waals surface area (Å²) in [5.41, 5.74) is -0.121. The second kappa shape index (κ2) is 6.27. The van der Waals surface area contributed by atoms with E-state index in [4.69, 9.17) is 0 Å². The molecule has 2 fully saturated rings. The molecule has 1 aliphatic heterocycles. The predicted octanol–water partition coefficient (Wildman–Crippen LogP) is 3.01. The number of nitrogens with zero attached hydrogens (tertiary/aromatic N) is 3. The minimum Gasteiger partial charge on any atom is -0.390 e. The van der Waals surface area contributed by atoms with Crippen LogP contribution in [0.1, 0.15) is 75.8 Å². The number of carbonyl (C=O) groups excluding carboxylic acids is 1. The van der Waals surface area contributed by atoms with E-state index in [1.54, 1.807) is 0 Å². The maximum atomic E-state index is 12.9. The molecule has 1 aromatic heterocycles. The highest BCUT2D eigenvalue weighted by Gasteiger charge is 2.45. The average Bonchev–Trinajstić information content (AvgIpc) is 3.15. The summed E-state index contributed by atoms with van der Waals surface area (Å²) in [7, 11) is 0. The van der Waals surface area contributed by atoms with E-state index in [-0.39, 0.29) is 23.9 Å². The van der Waals surface area contributed by atoms with Crippen LogP contribution in [0, 0.1) is 5.92 Å². The zero-order chi connectivity index (χ0) is 16.6. The van der Waals surface area contributed by atoms with E-state index in [0.29, 0.717) is 5.69 Å². The van der Waals surface area contributed by atoms with Gasteiger partial charge in [0, 0.05) is 30.7 Å². The van der Waals surface area contributed by atoms with Gasteiger partial charge in [-0.2, -0.15) is 5.10 Å². The molecule has 0 spiro atoms. The lowest BCUT2D eigenvalue weighted by Crippen LogP contribution is -2.50. The fourth-order valence-electron chi connectivity index (χ4n) is 4.30. The van der Waals surface area contributed by atoms with Gasteiger partial charge in [-0.05, 0) is 52.5 Å². The van der Waals surface area contributed by atoms with E-state index in [9.17, 15) is 9.90 Å². The molecule has 3 atom stereocenters. The summed E-state index contributed by atoms with van der Waals surface area (Å²) in [6.45, 7) is 6.84. The molecule has 2 heterocycles. The Bertz CT molecular complexity index is 564. The van der Waals surface area contributed by atoms with Crippen molar-refractivity contribution in [2.24, 2.45) is 5.92 Å². The predicted molar refractivity (Wildman–Crippen MR) is 89.3 cm³/mol. The van der Waals surface area contributed by atoms with Crippen LogP contribution in [0.2, 0.25) is 0 Å². The largest absolute Gasteiger partial charge is 0.390 e. The normalized spacial score (nSPS) is 31.8. The Morgan fingerprint density at radius 2 is 2.13 bits per heavy atom. The van der Waals surface area contributed by atoms with Gasteiger partial charge in [-0.25, -0.2) is 0 Å². The van der Waals surface area contributed by atoms with Gasteiger partial charge in [-0.3, -0.25) is 9.48 Å². The van der Waals surface area contributed by atoms with Crippen LogP contribution in [0.5, 0.6) is 0 Å². The smallest absolute Gasteiger partial charge is 0.274 e. The first kappa shape index (κ1) is 16.5. The third-order valence-electron chi connectivity index (χ3n) is 5.63. The van der Waals surface area contributed by atoms with Gasteiger partial charge in [0.05, 0.1) is 5.60 Å². The maximum absolute atomic E-state index is 12.9. The van der Waals surface area contributed by atoms with Gasteiger partial charge >= 0.3 is 0 Å². The Morgan fingerprint density at radius 3 is 2.78 bits per heavy atom. The number of carbonyl (C=O) groups is 1. The third kappa shape index (κ3) is 3.16. The zero-order valence-electron chi connectivity index (χ0n) is 14.5. The van der Waals surface area contributed by atoms with E-state index in [1.807, 2.05) is 28.8 Å². The highest BCUT2D eigenvalue weighted by Crippen LogP contribution is 2.41. The van der Waals surface area contributed by atoms with Gasteiger partial charge < -0.3 is 10.0 Å². The Labute approximate surface area is 138 Å². The first-order valence-electron chi connectivity index (χ1n) is 8.98. The van der Waals surface area contributed by atoms with Crippen molar-refractivity contribution in [2.45, 2.75) is 77.0 Å². The Kier molecular flexibility index (Phi) is 4.50. The van der Waals surface area contributed by atoms with Crippen molar-refractivity contribution in [1.82, 2.24) is 14.7 Å². The lowest BCUT2D eigenvalue weighted by Gasteiger charge is -2.43. The molecular formula is C18H29N3O2. The Hall–Kier alpha value is -1.36. The van der Waals surface area contributed by atoms with Gasteiger partial charge in [0.2, 0.25) is 0 Å². The summed E-state index contributed by atoms with van der Waals surface area (Å²) in [5.74, 6) is 0.211. The van der Waals surface area contributed by atoms with E-state index in [1.165, 1.54) is 0 Å². The van der Waals surface area contributed by atoms with Crippen molar-refractivity contribution in [3.8, 4) is 0 Å². The molecule has 0 unspecified atom stereocenters. The quantitative estimate of drug-likeness (QED) is 0.931. The second-order valence-electron chi connectivity index (χ2n) is 7.69. The van der Waals surface area contributed by atoms with Crippen molar-refractivity contribution in [3.63, 3.8) is 0 Å². The first-order chi connectivity index (χ1) is 10.9. The molecule has 1 saturated heterocycles. The van der Waals surface area contributed by atoms with Crippen LogP contribution in [-0.4, -0.2) is 43.9 Å². The summed E-state index contributed by atoms with van der Waals surface area (Å²) in [5, 5.41) is 15.2. The number of likely N-dealkylation sites (tertiary alicyclic amines) is 1. The Morgan fingerprint density at radius 1 is 1.35 bits per heavy atom. The lowest BCUT2D eigenvalue weighted by molar-refractivity contribution is -0.0578. The van der Waals surface area contributed by atoms with Crippen molar-refractivity contribution in [2.75, 3.05) is 6.54 Å². The second-order valence-corrected chi connectivity index (χ2v) is 7.69. The van der Waals surface area contributed by atoms with E-state index < -0.39 is 5.60 Å². The molecule has 1 N–H and O–H groups in total. The molecule has 128 valence electrons. The molecule has 3 rings (SSSR count). The number of rotatable bonds is 3. The maximum Gasteiger partial charge on any atom is 0.274 e. The third-order valence-corrected chi connectivity index (χ3v) is 5.63. The Balaban J connectivity index is 1.79. The summed E-state index contributed by atoms with van der Waals surface area (Å²) < 4.78 is 1.83.